The molecule has 0 amide bonds. The predicted molar refractivity (Wildman–Crippen MR) is 120 cm³/mol. The standard InChI is InChI=1S/C25H18N2O2S/c28-24-19-10-4-5-11-20(19)25(29)21(24)16-18-13-14-23(30-18)27(17-8-2-1-3-9-17)22-12-6-7-15-26-22/h2,4-16H,1,3H2. The van der Waals surface area contributed by atoms with Crippen molar-refractivity contribution in [3.63, 3.8) is 0 Å². The molecule has 0 spiro atoms. The van der Waals surface area contributed by atoms with Crippen LogP contribution < -0.4 is 4.90 Å². The highest BCUT2D eigenvalue weighted by atomic mass is 32.1. The van der Waals surface area contributed by atoms with Gasteiger partial charge in [0.1, 0.15) is 10.8 Å². The molecule has 2 aromatic heterocycles. The Morgan fingerprint density at radius 1 is 0.900 bits per heavy atom. The summed E-state index contributed by atoms with van der Waals surface area (Å²) >= 11 is 1.53. The number of aromatic nitrogens is 1. The third kappa shape index (κ3) is 3.23. The third-order valence-corrected chi connectivity index (χ3v) is 6.15. The third-order valence-electron chi connectivity index (χ3n) is 5.14. The molecule has 0 saturated carbocycles. The fraction of sp³-hybridized carbons (Fsp3) is 0.0800. The van der Waals surface area contributed by atoms with E-state index in [0.29, 0.717) is 11.1 Å². The lowest BCUT2D eigenvalue weighted by atomic mass is 10.1. The average molecular weight is 410 g/mol. The molecule has 5 rings (SSSR count). The first-order valence-corrected chi connectivity index (χ1v) is 10.6. The highest BCUT2D eigenvalue weighted by molar-refractivity contribution is 7.17. The van der Waals surface area contributed by atoms with E-state index in [1.807, 2.05) is 30.3 Å². The van der Waals surface area contributed by atoms with Crippen LogP contribution in [0.1, 0.15) is 38.4 Å². The van der Waals surface area contributed by atoms with Crippen LogP contribution in [0.15, 0.2) is 90.3 Å². The van der Waals surface area contributed by atoms with Crippen LogP contribution in [0.25, 0.3) is 6.08 Å². The van der Waals surface area contributed by atoms with Crippen LogP contribution in [0.4, 0.5) is 10.8 Å². The molecule has 0 bridgehead atoms. The number of ketones is 2. The number of anilines is 2. The van der Waals surface area contributed by atoms with Crippen molar-refractivity contribution < 1.29 is 9.59 Å². The number of nitrogens with zero attached hydrogens (tertiary/aromatic N) is 2. The minimum absolute atomic E-state index is 0.204. The minimum atomic E-state index is -0.204. The van der Waals surface area contributed by atoms with Crippen molar-refractivity contribution in [3.05, 3.63) is 106 Å². The van der Waals surface area contributed by atoms with Gasteiger partial charge in [0.2, 0.25) is 0 Å². The van der Waals surface area contributed by atoms with Gasteiger partial charge < -0.3 is 0 Å². The van der Waals surface area contributed by atoms with Gasteiger partial charge in [0, 0.05) is 27.9 Å². The van der Waals surface area contributed by atoms with Crippen molar-refractivity contribution in [1.29, 1.82) is 0 Å². The Kier molecular flexibility index (Phi) is 4.73. The van der Waals surface area contributed by atoms with Crippen LogP contribution >= 0.6 is 11.3 Å². The number of rotatable bonds is 4. The number of benzene rings is 1. The maximum absolute atomic E-state index is 12.7. The van der Waals surface area contributed by atoms with Crippen LogP contribution in [0.3, 0.4) is 0 Å². The number of allylic oxidation sites excluding steroid dienone is 4. The number of thiophene rings is 1. The molecule has 0 radical (unpaired) electrons. The Labute approximate surface area is 178 Å². The molecule has 0 N–H and O–H groups in total. The monoisotopic (exact) mass is 410 g/mol. The fourth-order valence-corrected chi connectivity index (χ4v) is 4.69. The molecule has 2 aliphatic rings. The van der Waals surface area contributed by atoms with Gasteiger partial charge in [-0.3, -0.25) is 14.5 Å². The van der Waals surface area contributed by atoms with E-state index in [0.717, 1.165) is 34.2 Å². The van der Waals surface area contributed by atoms with Crippen molar-refractivity contribution in [1.82, 2.24) is 4.98 Å². The van der Waals surface area contributed by atoms with E-state index in [9.17, 15) is 9.59 Å². The second-order valence-corrected chi connectivity index (χ2v) is 8.16. The second kappa shape index (κ2) is 7.69. The lowest BCUT2D eigenvalue weighted by molar-refractivity contribution is 0.0990. The number of Topliss-reactive ketones (excluding diaryl/α,β-unsaturated/α-hetero) is 2. The molecule has 2 heterocycles. The minimum Gasteiger partial charge on any atom is -0.288 e. The number of fused-ring (bicyclic) bond motifs is 1. The number of hydrogen-bond donors (Lipinski definition) is 0. The largest absolute Gasteiger partial charge is 0.288 e. The zero-order valence-corrected chi connectivity index (χ0v) is 16.9. The van der Waals surface area contributed by atoms with E-state index in [4.69, 9.17) is 0 Å². The van der Waals surface area contributed by atoms with Crippen molar-refractivity contribution >= 4 is 39.8 Å². The van der Waals surface area contributed by atoms with E-state index in [1.165, 1.54) is 11.3 Å². The molecule has 3 aromatic rings. The number of hydrogen-bond acceptors (Lipinski definition) is 5. The molecule has 0 atom stereocenters. The number of pyridine rings is 1. The van der Waals surface area contributed by atoms with Crippen molar-refractivity contribution in [2.45, 2.75) is 12.8 Å². The Bertz CT molecular complexity index is 1200. The summed E-state index contributed by atoms with van der Waals surface area (Å²) in [5.74, 6) is 0.423. The first-order valence-electron chi connectivity index (χ1n) is 9.80. The van der Waals surface area contributed by atoms with Gasteiger partial charge in [0.05, 0.1) is 5.57 Å². The van der Waals surface area contributed by atoms with Crippen molar-refractivity contribution in [2.24, 2.45) is 0 Å². The van der Waals surface area contributed by atoms with Gasteiger partial charge in [-0.1, -0.05) is 42.5 Å². The molecule has 30 heavy (non-hydrogen) atoms. The van der Waals surface area contributed by atoms with E-state index in [1.54, 1.807) is 36.5 Å². The maximum Gasteiger partial charge on any atom is 0.197 e. The summed E-state index contributed by atoms with van der Waals surface area (Å²) in [6.45, 7) is 0. The maximum atomic E-state index is 12.7. The van der Waals surface area contributed by atoms with E-state index in [2.05, 4.69) is 28.1 Å². The Balaban J connectivity index is 1.52. The fourth-order valence-electron chi connectivity index (χ4n) is 3.71. The molecule has 0 aliphatic heterocycles. The smallest absolute Gasteiger partial charge is 0.197 e. The summed E-state index contributed by atoms with van der Waals surface area (Å²) in [6.07, 6.45) is 12.0. The van der Waals surface area contributed by atoms with Crippen molar-refractivity contribution in [3.8, 4) is 0 Å². The number of carbonyl (C=O) groups is 2. The van der Waals surface area contributed by atoms with E-state index < -0.39 is 0 Å². The van der Waals surface area contributed by atoms with Crippen LogP contribution in [0.2, 0.25) is 0 Å². The topological polar surface area (TPSA) is 50.3 Å². The predicted octanol–water partition coefficient (Wildman–Crippen LogP) is 5.98. The zero-order chi connectivity index (χ0) is 20.5. The summed E-state index contributed by atoms with van der Waals surface area (Å²) in [5, 5.41) is 0.980. The highest BCUT2D eigenvalue weighted by Gasteiger charge is 2.32. The quantitative estimate of drug-likeness (QED) is 0.392. The summed E-state index contributed by atoms with van der Waals surface area (Å²) in [7, 11) is 0. The van der Waals surface area contributed by atoms with E-state index >= 15 is 0 Å². The summed E-state index contributed by atoms with van der Waals surface area (Å²) in [4.78, 5) is 32.9. The van der Waals surface area contributed by atoms with Gasteiger partial charge in [0.25, 0.3) is 0 Å². The molecule has 4 nitrogen and oxygen atoms in total. The Morgan fingerprint density at radius 2 is 1.67 bits per heavy atom. The SMILES string of the molecule is O=C1C(=Cc2ccc(N(C3=CCCC=C3)c3ccccn3)s2)C(=O)c2ccccc21. The lowest BCUT2D eigenvalue weighted by Gasteiger charge is -2.24. The van der Waals surface area contributed by atoms with E-state index in [-0.39, 0.29) is 17.1 Å². The van der Waals surface area contributed by atoms with Gasteiger partial charge in [-0.05, 0) is 49.3 Å². The molecular formula is C25H18N2O2S. The summed E-state index contributed by atoms with van der Waals surface area (Å²) in [5.41, 5.74) is 2.27. The zero-order valence-electron chi connectivity index (χ0n) is 16.1. The molecule has 0 fully saturated rings. The van der Waals surface area contributed by atoms with Gasteiger partial charge in [-0.25, -0.2) is 4.98 Å². The van der Waals surface area contributed by atoms with Crippen LogP contribution in [0.5, 0.6) is 0 Å². The molecule has 1 aromatic carbocycles. The molecule has 0 unspecified atom stereocenters. The molecule has 146 valence electrons. The Morgan fingerprint density at radius 3 is 2.33 bits per heavy atom. The molecular weight excluding hydrogens is 392 g/mol. The second-order valence-electron chi connectivity index (χ2n) is 7.07. The van der Waals surface area contributed by atoms with Crippen molar-refractivity contribution in [2.75, 3.05) is 4.90 Å². The van der Waals surface area contributed by atoms with Gasteiger partial charge >= 0.3 is 0 Å². The first-order chi connectivity index (χ1) is 14.7. The van der Waals surface area contributed by atoms with Crippen LogP contribution in [0, 0.1) is 0 Å². The molecule has 2 aliphatic carbocycles. The number of carbonyl (C=O) groups excluding carboxylic acids is 2. The Hall–Kier alpha value is -3.57. The lowest BCUT2D eigenvalue weighted by Crippen LogP contribution is -2.16. The molecule has 0 saturated heterocycles. The average Bonchev–Trinajstić information content (AvgIpc) is 3.35. The highest BCUT2D eigenvalue weighted by Crippen LogP contribution is 2.37. The molecule has 5 heteroatoms. The van der Waals surface area contributed by atoms with Gasteiger partial charge in [0.15, 0.2) is 11.6 Å². The van der Waals surface area contributed by atoms with Gasteiger partial charge in [-0.2, -0.15) is 0 Å². The first kappa shape index (κ1) is 18.5. The van der Waals surface area contributed by atoms with Gasteiger partial charge in [-0.15, -0.1) is 11.3 Å². The van der Waals surface area contributed by atoms with Crippen LogP contribution in [-0.4, -0.2) is 16.6 Å². The summed E-state index contributed by atoms with van der Waals surface area (Å²) in [6, 6.07) is 16.8. The van der Waals surface area contributed by atoms with Crippen LogP contribution in [-0.2, 0) is 0 Å². The normalized spacial score (nSPS) is 15.2. The summed E-state index contributed by atoms with van der Waals surface area (Å²) < 4.78 is 0.